The van der Waals surface area contributed by atoms with Crippen molar-refractivity contribution in [1.82, 2.24) is 14.7 Å². The second-order valence-corrected chi connectivity index (χ2v) is 8.19. The summed E-state index contributed by atoms with van der Waals surface area (Å²) in [4.78, 5) is 29.8. The quantitative estimate of drug-likeness (QED) is 0.774. The number of benzene rings is 1. The topological polar surface area (TPSA) is 73.3 Å². The lowest BCUT2D eigenvalue weighted by Gasteiger charge is -2.51. The number of aliphatic carboxylic acids is 1. The standard InChI is InChI=1S/C21H31N3O4/c1-22(2)21(17-7-5-4-6-8-17)11-9-20(10-12-21)16-23(15-18(25)26)19(27)24(20)13-14-28-3/h4-8H,9-16H2,1-3H3,(H,25,26)/t20-,21+. The summed E-state index contributed by atoms with van der Waals surface area (Å²) in [6, 6.07) is 10.3. The van der Waals surface area contributed by atoms with Crippen molar-refractivity contribution in [3.05, 3.63) is 35.9 Å². The Balaban J connectivity index is 1.86. The summed E-state index contributed by atoms with van der Waals surface area (Å²) in [5.74, 6) is -0.972. The van der Waals surface area contributed by atoms with Crippen LogP contribution in [0, 0.1) is 0 Å². The van der Waals surface area contributed by atoms with Gasteiger partial charge < -0.3 is 19.6 Å². The molecule has 2 aliphatic rings. The summed E-state index contributed by atoms with van der Waals surface area (Å²) in [6.45, 7) is 1.17. The monoisotopic (exact) mass is 389 g/mol. The minimum absolute atomic E-state index is 0.0668. The number of nitrogens with zero attached hydrogens (tertiary/aromatic N) is 3. The molecule has 2 amide bonds. The van der Waals surface area contributed by atoms with E-state index in [1.54, 1.807) is 7.11 Å². The van der Waals surface area contributed by atoms with Gasteiger partial charge in [-0.3, -0.25) is 9.69 Å². The Hall–Kier alpha value is -2.12. The molecule has 7 nitrogen and oxygen atoms in total. The number of ether oxygens (including phenoxy) is 1. The van der Waals surface area contributed by atoms with E-state index in [1.807, 2.05) is 11.0 Å². The van der Waals surface area contributed by atoms with E-state index < -0.39 is 5.97 Å². The van der Waals surface area contributed by atoms with Crippen molar-refractivity contribution < 1.29 is 19.4 Å². The fourth-order valence-corrected chi connectivity index (χ4v) is 4.98. The Morgan fingerprint density at radius 3 is 2.36 bits per heavy atom. The maximum absolute atomic E-state index is 12.9. The molecule has 1 heterocycles. The summed E-state index contributed by atoms with van der Waals surface area (Å²) in [5.41, 5.74) is 0.909. The number of hydrogen-bond donors (Lipinski definition) is 1. The Bertz CT molecular complexity index is 699. The summed E-state index contributed by atoms with van der Waals surface area (Å²) < 4.78 is 5.21. The Kier molecular flexibility index (Phi) is 5.95. The molecule has 28 heavy (non-hydrogen) atoms. The van der Waals surface area contributed by atoms with E-state index in [2.05, 4.69) is 43.3 Å². The molecule has 1 saturated carbocycles. The van der Waals surface area contributed by atoms with Gasteiger partial charge >= 0.3 is 12.0 Å². The van der Waals surface area contributed by atoms with Gasteiger partial charge in [0.2, 0.25) is 0 Å². The molecule has 1 aliphatic carbocycles. The van der Waals surface area contributed by atoms with Gasteiger partial charge in [0.25, 0.3) is 0 Å². The first kappa shape index (κ1) is 20.6. The summed E-state index contributed by atoms with van der Waals surface area (Å²) in [5, 5.41) is 9.20. The molecule has 1 N–H and O–H groups in total. The zero-order valence-corrected chi connectivity index (χ0v) is 17.1. The lowest BCUT2D eigenvalue weighted by atomic mass is 9.68. The Morgan fingerprint density at radius 2 is 1.82 bits per heavy atom. The minimum atomic E-state index is -0.972. The first-order chi connectivity index (χ1) is 13.3. The molecule has 0 unspecified atom stereocenters. The van der Waals surface area contributed by atoms with Crippen LogP contribution in [0.15, 0.2) is 30.3 Å². The van der Waals surface area contributed by atoms with Crippen LogP contribution < -0.4 is 0 Å². The average molecular weight is 389 g/mol. The molecule has 1 aromatic rings. The van der Waals surface area contributed by atoms with Gasteiger partial charge in [-0.1, -0.05) is 30.3 Å². The van der Waals surface area contributed by atoms with Gasteiger partial charge in [0, 0.05) is 25.7 Å². The molecule has 0 radical (unpaired) electrons. The average Bonchev–Trinajstić information content (AvgIpc) is 2.92. The molecular weight excluding hydrogens is 358 g/mol. The van der Waals surface area contributed by atoms with Crippen LogP contribution in [0.2, 0.25) is 0 Å². The molecule has 1 spiro atoms. The van der Waals surface area contributed by atoms with Gasteiger partial charge in [-0.2, -0.15) is 0 Å². The number of hydrogen-bond acceptors (Lipinski definition) is 4. The predicted molar refractivity (Wildman–Crippen MR) is 106 cm³/mol. The van der Waals surface area contributed by atoms with Gasteiger partial charge in [0.15, 0.2) is 0 Å². The normalized spacial score (nSPS) is 27.8. The van der Waals surface area contributed by atoms with Gasteiger partial charge in [-0.05, 0) is 45.3 Å². The molecule has 3 rings (SSSR count). The van der Waals surface area contributed by atoms with Crippen molar-refractivity contribution in [2.24, 2.45) is 0 Å². The molecular formula is C21H31N3O4. The highest BCUT2D eigenvalue weighted by Crippen LogP contribution is 2.48. The smallest absolute Gasteiger partial charge is 0.323 e. The number of amides is 2. The summed E-state index contributed by atoms with van der Waals surface area (Å²) in [6.07, 6.45) is 3.51. The van der Waals surface area contributed by atoms with E-state index in [0.29, 0.717) is 19.7 Å². The van der Waals surface area contributed by atoms with E-state index in [-0.39, 0.29) is 23.7 Å². The second-order valence-electron chi connectivity index (χ2n) is 8.19. The minimum Gasteiger partial charge on any atom is -0.480 e. The van der Waals surface area contributed by atoms with Gasteiger partial charge in [0.05, 0.1) is 12.1 Å². The van der Waals surface area contributed by atoms with Crippen molar-refractivity contribution in [2.75, 3.05) is 47.4 Å². The van der Waals surface area contributed by atoms with Crippen molar-refractivity contribution in [3.8, 4) is 0 Å². The third-order valence-corrected chi connectivity index (χ3v) is 6.58. The number of urea groups is 1. The Morgan fingerprint density at radius 1 is 1.18 bits per heavy atom. The SMILES string of the molecule is COCCN1C(=O)N(CC(=O)O)C[C@]12CC[C@](c1ccccc1)(N(C)C)CC2. The van der Waals surface area contributed by atoms with Gasteiger partial charge in [-0.15, -0.1) is 0 Å². The van der Waals surface area contributed by atoms with Crippen molar-refractivity contribution in [3.63, 3.8) is 0 Å². The fraction of sp³-hybridized carbons (Fsp3) is 0.619. The first-order valence-electron chi connectivity index (χ1n) is 9.85. The molecule has 2 fully saturated rings. The number of rotatable bonds is 7. The molecule has 7 heteroatoms. The third kappa shape index (κ3) is 3.61. The van der Waals surface area contributed by atoms with E-state index >= 15 is 0 Å². The number of carbonyl (C=O) groups is 2. The molecule has 0 atom stereocenters. The van der Waals surface area contributed by atoms with Crippen LogP contribution >= 0.6 is 0 Å². The Labute approximate surface area is 166 Å². The zero-order chi connectivity index (χ0) is 20.4. The van der Waals surface area contributed by atoms with Crippen molar-refractivity contribution in [1.29, 1.82) is 0 Å². The third-order valence-electron chi connectivity index (χ3n) is 6.58. The van der Waals surface area contributed by atoms with Crippen LogP contribution in [0.4, 0.5) is 4.79 Å². The van der Waals surface area contributed by atoms with Crippen LogP contribution in [0.1, 0.15) is 31.2 Å². The molecule has 1 saturated heterocycles. The van der Waals surface area contributed by atoms with Crippen LogP contribution in [0.25, 0.3) is 0 Å². The second kappa shape index (κ2) is 8.09. The number of methoxy groups -OCH3 is 1. The molecule has 1 aromatic carbocycles. The van der Waals surface area contributed by atoms with Gasteiger partial charge in [-0.25, -0.2) is 4.79 Å². The fourth-order valence-electron chi connectivity index (χ4n) is 4.98. The lowest BCUT2D eigenvalue weighted by molar-refractivity contribution is -0.137. The lowest BCUT2D eigenvalue weighted by Crippen LogP contribution is -2.56. The number of carbonyl (C=O) groups excluding carboxylic acids is 1. The van der Waals surface area contributed by atoms with E-state index in [0.717, 1.165) is 25.7 Å². The molecule has 154 valence electrons. The van der Waals surface area contributed by atoms with Crippen LogP contribution in [-0.4, -0.2) is 84.8 Å². The van der Waals surface area contributed by atoms with E-state index in [1.165, 1.54) is 10.5 Å². The molecule has 0 bridgehead atoms. The summed E-state index contributed by atoms with van der Waals surface area (Å²) >= 11 is 0. The zero-order valence-electron chi connectivity index (χ0n) is 17.1. The molecule has 1 aliphatic heterocycles. The number of carboxylic acid groups (broad SMARTS) is 1. The van der Waals surface area contributed by atoms with E-state index in [9.17, 15) is 14.7 Å². The predicted octanol–water partition coefficient (Wildman–Crippen LogP) is 2.22. The highest BCUT2D eigenvalue weighted by molar-refractivity contribution is 5.83. The van der Waals surface area contributed by atoms with E-state index in [4.69, 9.17) is 4.74 Å². The largest absolute Gasteiger partial charge is 0.480 e. The summed E-state index contributed by atoms with van der Waals surface area (Å²) in [7, 11) is 5.85. The maximum Gasteiger partial charge on any atom is 0.323 e. The van der Waals surface area contributed by atoms with Crippen LogP contribution in [0.5, 0.6) is 0 Å². The first-order valence-corrected chi connectivity index (χ1v) is 9.85. The maximum atomic E-state index is 12.9. The number of carboxylic acids is 1. The van der Waals surface area contributed by atoms with Gasteiger partial charge in [0.1, 0.15) is 6.54 Å². The van der Waals surface area contributed by atoms with Crippen LogP contribution in [0.3, 0.4) is 0 Å². The van der Waals surface area contributed by atoms with Crippen LogP contribution in [-0.2, 0) is 15.1 Å². The van der Waals surface area contributed by atoms with Crippen molar-refractivity contribution in [2.45, 2.75) is 36.8 Å². The molecule has 0 aromatic heterocycles. The highest BCUT2D eigenvalue weighted by atomic mass is 16.5. The highest BCUT2D eigenvalue weighted by Gasteiger charge is 2.54. The van der Waals surface area contributed by atoms with Crippen molar-refractivity contribution >= 4 is 12.0 Å².